The van der Waals surface area contributed by atoms with Crippen LogP contribution in [0.2, 0.25) is 0 Å². The molecule has 0 fully saturated rings. The van der Waals surface area contributed by atoms with Gasteiger partial charge in [0.25, 0.3) is 0 Å². The van der Waals surface area contributed by atoms with Crippen molar-refractivity contribution >= 4 is 87.0 Å². The van der Waals surface area contributed by atoms with Crippen molar-refractivity contribution in [3.05, 3.63) is 315 Å². The molecule has 2 heterocycles. The Morgan fingerprint density at radius 2 is 0.464 bits per heavy atom. The van der Waals surface area contributed by atoms with E-state index in [9.17, 15) is 0 Å². The molecular weight excluding hydrogens is 1020 g/mol. The highest BCUT2D eigenvalue weighted by Crippen LogP contribution is 2.47. The van der Waals surface area contributed by atoms with Crippen molar-refractivity contribution in [3.63, 3.8) is 0 Å². The van der Waals surface area contributed by atoms with E-state index in [0.29, 0.717) is 27.9 Å². The lowest BCUT2D eigenvalue weighted by molar-refractivity contribution is 0.668. The third kappa shape index (κ3) is 8.43. The number of hydrogen-bond acceptors (Lipinski definition) is 2. The summed E-state index contributed by atoms with van der Waals surface area (Å²) in [7, 11) is 0. The van der Waals surface area contributed by atoms with E-state index in [1.165, 1.54) is 11.1 Å². The standard InChI is InChI=1S/C44H28O.C38H24O/c1-3-11-29(12-4-1)30-19-21-31(22-20-30)33-23-25-41-39(27-33)40-28-34(24-26-42(40)45-41)44-37-17-9-7-15-35(37)43(32-13-5-2-6-14-32)36-16-8-10-18-38(36)44;1-3-11-25(12-4-1)27-19-21-29-34-23-28(20-22-35(34)39-36(29)24-27)38-32-17-9-7-15-30(32)37(26-13-5-2-6-14-26)31-16-8-10-18-33(31)38/h1-28H;1-24H/i2D,5D,6D,13D,14D;1D,2D,3D,4D,5D,6D,11D,12D,13D,14D. The molecule has 0 aliphatic heterocycles. The summed E-state index contributed by atoms with van der Waals surface area (Å²) >= 11 is 0. The Kier molecular flexibility index (Phi) is 8.69. The smallest absolute Gasteiger partial charge is 0.136 e. The summed E-state index contributed by atoms with van der Waals surface area (Å²) in [5, 5.41) is 10.3. The van der Waals surface area contributed by atoms with Gasteiger partial charge in [0.15, 0.2) is 0 Å². The molecule has 0 atom stereocenters. The van der Waals surface area contributed by atoms with Crippen LogP contribution in [0.15, 0.2) is 324 Å². The predicted molar refractivity (Wildman–Crippen MR) is 356 cm³/mol. The van der Waals surface area contributed by atoms with Crippen molar-refractivity contribution in [2.45, 2.75) is 0 Å². The summed E-state index contributed by atoms with van der Waals surface area (Å²) in [6.07, 6.45) is 0. The molecule has 0 saturated carbocycles. The second kappa shape index (κ2) is 20.5. The van der Waals surface area contributed by atoms with Gasteiger partial charge in [-0.05, 0) is 170 Å². The molecule has 0 radical (unpaired) electrons. The van der Waals surface area contributed by atoms with E-state index in [0.717, 1.165) is 109 Å². The molecule has 0 bridgehead atoms. The van der Waals surface area contributed by atoms with Crippen LogP contribution in [0.5, 0.6) is 0 Å². The quantitative estimate of drug-likeness (QED) is 0.149. The van der Waals surface area contributed by atoms with Gasteiger partial charge in [-0.3, -0.25) is 0 Å². The lowest BCUT2D eigenvalue weighted by Crippen LogP contribution is -1.90. The van der Waals surface area contributed by atoms with Gasteiger partial charge in [0.1, 0.15) is 22.3 Å². The van der Waals surface area contributed by atoms with Crippen molar-refractivity contribution in [2.75, 3.05) is 0 Å². The first-order chi connectivity index (χ1) is 47.9. The Morgan fingerprint density at radius 3 is 0.893 bits per heavy atom. The van der Waals surface area contributed by atoms with Crippen molar-refractivity contribution in [1.82, 2.24) is 0 Å². The van der Waals surface area contributed by atoms with Crippen LogP contribution in [-0.4, -0.2) is 0 Å². The van der Waals surface area contributed by atoms with Crippen molar-refractivity contribution in [3.8, 4) is 77.9 Å². The van der Waals surface area contributed by atoms with Gasteiger partial charge in [-0.2, -0.15) is 0 Å². The Labute approximate surface area is 507 Å². The first-order valence-electron chi connectivity index (χ1n) is 35.1. The third-order valence-corrected chi connectivity index (χ3v) is 16.0. The number of benzene rings is 15. The van der Waals surface area contributed by atoms with E-state index in [2.05, 4.69) is 72.8 Å². The van der Waals surface area contributed by atoms with E-state index in [1.54, 1.807) is 12.1 Å². The minimum Gasteiger partial charge on any atom is -0.456 e. The fraction of sp³-hybridized carbons (Fsp3) is 0. The minimum absolute atomic E-state index is 0.103. The number of fused-ring (bicyclic) bond motifs is 10. The van der Waals surface area contributed by atoms with E-state index in [1.807, 2.05) is 140 Å². The van der Waals surface area contributed by atoms with Crippen molar-refractivity contribution < 1.29 is 29.4 Å². The largest absolute Gasteiger partial charge is 0.456 e. The van der Waals surface area contributed by atoms with Crippen LogP contribution in [0.1, 0.15) is 20.6 Å². The zero-order valence-corrected chi connectivity index (χ0v) is 44.7. The molecule has 0 aliphatic rings. The average molecular weight is 1080 g/mol. The summed E-state index contributed by atoms with van der Waals surface area (Å²) < 4.78 is 139. The van der Waals surface area contributed by atoms with Crippen LogP contribution in [0.4, 0.5) is 0 Å². The van der Waals surface area contributed by atoms with E-state index in [4.69, 9.17) is 29.4 Å². The van der Waals surface area contributed by atoms with Gasteiger partial charge in [-0.25, -0.2) is 0 Å². The van der Waals surface area contributed by atoms with Crippen LogP contribution in [-0.2, 0) is 0 Å². The molecule has 0 spiro atoms. The Bertz CT molecular complexity index is 6100. The first kappa shape index (κ1) is 35.6. The zero-order valence-electron chi connectivity index (χ0n) is 59.7. The van der Waals surface area contributed by atoms with E-state index < -0.39 is 30.2 Å². The average Bonchev–Trinajstić information content (AvgIpc) is 0.932. The molecule has 0 unspecified atom stereocenters. The molecule has 15 aromatic carbocycles. The number of furan rings is 2. The van der Waals surface area contributed by atoms with Crippen LogP contribution < -0.4 is 0 Å². The summed E-state index contributed by atoms with van der Waals surface area (Å²) in [6.45, 7) is 0. The monoisotopic (exact) mass is 1080 g/mol. The first-order valence-corrected chi connectivity index (χ1v) is 27.6. The fourth-order valence-electron chi connectivity index (χ4n) is 12.2. The van der Waals surface area contributed by atoms with Crippen molar-refractivity contribution in [1.29, 1.82) is 0 Å². The van der Waals surface area contributed by atoms with Crippen molar-refractivity contribution in [2.24, 2.45) is 0 Å². The zero-order chi connectivity index (χ0) is 68.6. The molecule has 2 aromatic heterocycles. The summed E-state index contributed by atoms with van der Waals surface area (Å²) in [4.78, 5) is 0. The number of rotatable bonds is 7. The molecule has 17 rings (SSSR count). The maximum absolute atomic E-state index is 8.84. The molecule has 0 N–H and O–H groups in total. The van der Waals surface area contributed by atoms with Gasteiger partial charge < -0.3 is 8.83 Å². The molecule has 2 heteroatoms. The van der Waals surface area contributed by atoms with Crippen LogP contribution in [0.3, 0.4) is 0 Å². The lowest BCUT2D eigenvalue weighted by Gasteiger charge is -2.17. The van der Waals surface area contributed by atoms with Gasteiger partial charge in [0.05, 0.1) is 20.6 Å². The number of hydrogen-bond donors (Lipinski definition) is 0. The minimum atomic E-state index is -0.447. The van der Waals surface area contributed by atoms with Gasteiger partial charge in [-0.15, -0.1) is 0 Å². The maximum Gasteiger partial charge on any atom is 0.136 e. The van der Waals surface area contributed by atoms with E-state index >= 15 is 0 Å². The molecule has 2 nitrogen and oxygen atoms in total. The maximum atomic E-state index is 8.84. The van der Waals surface area contributed by atoms with Gasteiger partial charge >= 0.3 is 0 Å². The highest BCUT2D eigenvalue weighted by molar-refractivity contribution is 6.24. The van der Waals surface area contributed by atoms with Gasteiger partial charge in [0, 0.05) is 21.5 Å². The summed E-state index contributed by atoms with van der Waals surface area (Å²) in [5.74, 6) is 0. The lowest BCUT2D eigenvalue weighted by atomic mass is 9.86. The topological polar surface area (TPSA) is 26.3 Å². The summed E-state index contributed by atoms with van der Waals surface area (Å²) in [5.41, 5.74) is 13.2. The molecule has 17 aromatic rings. The predicted octanol–water partition coefficient (Wildman–Crippen LogP) is 23.5. The van der Waals surface area contributed by atoms with Crippen LogP contribution in [0.25, 0.3) is 165 Å². The second-order valence-electron chi connectivity index (χ2n) is 20.7. The van der Waals surface area contributed by atoms with Gasteiger partial charge in [0.2, 0.25) is 0 Å². The Hall–Kier alpha value is -11.1. The molecule has 0 amide bonds. The molecule has 0 aliphatic carbocycles. The Balaban J connectivity index is 0.000000154. The van der Waals surface area contributed by atoms with E-state index in [-0.39, 0.29) is 77.1 Å². The molecular formula is C82H52O2. The van der Waals surface area contributed by atoms with Crippen LogP contribution >= 0.6 is 0 Å². The third-order valence-electron chi connectivity index (χ3n) is 16.0. The highest BCUT2D eigenvalue weighted by Gasteiger charge is 2.20. The summed E-state index contributed by atoms with van der Waals surface area (Å²) in [6, 6.07) is 68.9. The Morgan fingerprint density at radius 1 is 0.179 bits per heavy atom. The molecule has 0 saturated heterocycles. The SMILES string of the molecule is [2H]c1c([2H])c([2H])c(-c2c3ccccc3c(-c3ccc4oc5ccc(-c6ccc(-c7ccccc7)cc6)cc5c4c3)c3ccccc23)c([2H])c1[2H].[2H]c1c([2H])c([2H])c(-c2ccc3c(c2)oc2ccc(-c4c5ccccc5c(-c5c([2H])c([2H])c([2H])c([2H])c5[2H])c5ccccc45)cc23)c([2H])c1[2H]. The second-order valence-corrected chi connectivity index (χ2v) is 20.7. The molecule has 84 heavy (non-hydrogen) atoms. The van der Waals surface area contributed by atoms with Crippen LogP contribution in [0, 0.1) is 0 Å². The molecule has 392 valence electrons. The normalized spacial score (nSPS) is 14.1. The fourth-order valence-corrected chi connectivity index (χ4v) is 12.2. The highest BCUT2D eigenvalue weighted by atomic mass is 16.3. The van der Waals surface area contributed by atoms with Gasteiger partial charge in [-0.1, -0.05) is 267 Å².